The van der Waals surface area contributed by atoms with E-state index in [0.717, 1.165) is 24.2 Å². The van der Waals surface area contributed by atoms with Gasteiger partial charge in [-0.25, -0.2) is 8.78 Å². The van der Waals surface area contributed by atoms with E-state index in [1.54, 1.807) is 0 Å². The summed E-state index contributed by atoms with van der Waals surface area (Å²) in [6.45, 7) is 2.34. The molecule has 1 aliphatic rings. The van der Waals surface area contributed by atoms with Crippen molar-refractivity contribution in [1.82, 2.24) is 0 Å². The molecule has 2 aromatic carbocycles. The van der Waals surface area contributed by atoms with Crippen molar-refractivity contribution in [2.75, 3.05) is 19.9 Å². The monoisotopic (exact) mass is 392 g/mol. The Morgan fingerprint density at radius 3 is 2.32 bits per heavy atom. The fourth-order valence-corrected chi connectivity index (χ4v) is 3.69. The van der Waals surface area contributed by atoms with E-state index in [-0.39, 0.29) is 19.1 Å². The van der Waals surface area contributed by atoms with Gasteiger partial charge in [-0.05, 0) is 54.0 Å². The van der Waals surface area contributed by atoms with Gasteiger partial charge in [0.25, 0.3) is 0 Å². The molecule has 0 radical (unpaired) electrons. The SMILES string of the molecule is CCCC1CCC(c2ccc(-c3cc(F)c(OCCCF)c(F)c3)cc2)OC1. The van der Waals surface area contributed by atoms with E-state index in [9.17, 15) is 13.2 Å². The summed E-state index contributed by atoms with van der Waals surface area (Å²) < 4.78 is 51.6. The first-order valence-electron chi connectivity index (χ1n) is 10.0. The predicted octanol–water partition coefficient (Wildman–Crippen LogP) is 6.64. The molecule has 28 heavy (non-hydrogen) atoms. The molecule has 2 unspecified atom stereocenters. The molecule has 0 aliphatic carbocycles. The summed E-state index contributed by atoms with van der Waals surface area (Å²) in [7, 11) is 0. The average molecular weight is 392 g/mol. The van der Waals surface area contributed by atoms with Crippen LogP contribution in [0, 0.1) is 17.6 Å². The summed E-state index contributed by atoms with van der Waals surface area (Å²) in [5.74, 6) is -1.37. The van der Waals surface area contributed by atoms with Crippen molar-refractivity contribution < 1.29 is 22.6 Å². The maximum absolute atomic E-state index is 14.2. The first kappa shape index (κ1) is 20.7. The van der Waals surface area contributed by atoms with E-state index in [4.69, 9.17) is 9.47 Å². The van der Waals surface area contributed by atoms with Crippen LogP contribution in [0.4, 0.5) is 13.2 Å². The molecule has 0 saturated carbocycles. The van der Waals surface area contributed by atoms with E-state index in [1.807, 2.05) is 24.3 Å². The fourth-order valence-electron chi connectivity index (χ4n) is 3.69. The molecule has 2 nitrogen and oxygen atoms in total. The normalized spacial score (nSPS) is 19.6. The molecule has 1 fully saturated rings. The van der Waals surface area contributed by atoms with Gasteiger partial charge in [-0.2, -0.15) is 0 Å². The van der Waals surface area contributed by atoms with Gasteiger partial charge in [-0.3, -0.25) is 4.39 Å². The Balaban J connectivity index is 1.68. The maximum atomic E-state index is 14.2. The van der Waals surface area contributed by atoms with Gasteiger partial charge < -0.3 is 9.47 Å². The Hall–Kier alpha value is -2.01. The molecule has 0 bridgehead atoms. The molecular weight excluding hydrogens is 365 g/mol. The zero-order chi connectivity index (χ0) is 19.9. The molecule has 3 rings (SSSR count). The van der Waals surface area contributed by atoms with Crippen LogP contribution in [-0.4, -0.2) is 19.9 Å². The zero-order valence-corrected chi connectivity index (χ0v) is 16.2. The lowest BCUT2D eigenvalue weighted by Gasteiger charge is -2.29. The fraction of sp³-hybridized carbons (Fsp3) is 0.478. The molecule has 0 aromatic heterocycles. The lowest BCUT2D eigenvalue weighted by molar-refractivity contribution is -0.0194. The molecule has 0 spiro atoms. The molecule has 5 heteroatoms. The van der Waals surface area contributed by atoms with E-state index >= 15 is 0 Å². The molecule has 1 heterocycles. The van der Waals surface area contributed by atoms with Crippen LogP contribution in [0.15, 0.2) is 36.4 Å². The summed E-state index contributed by atoms with van der Waals surface area (Å²) in [6.07, 6.45) is 4.74. The summed E-state index contributed by atoms with van der Waals surface area (Å²) in [4.78, 5) is 0. The second kappa shape index (κ2) is 9.97. The van der Waals surface area contributed by atoms with Crippen molar-refractivity contribution in [2.45, 2.75) is 45.1 Å². The van der Waals surface area contributed by atoms with Gasteiger partial charge in [-0.15, -0.1) is 0 Å². The summed E-state index contributed by atoms with van der Waals surface area (Å²) in [5.41, 5.74) is 2.24. The number of hydrogen-bond acceptors (Lipinski definition) is 2. The summed E-state index contributed by atoms with van der Waals surface area (Å²) in [5, 5.41) is 0. The minimum absolute atomic E-state index is 0.0567. The largest absolute Gasteiger partial charge is 0.488 e. The first-order valence-corrected chi connectivity index (χ1v) is 10.0. The highest BCUT2D eigenvalue weighted by Gasteiger charge is 2.22. The topological polar surface area (TPSA) is 18.5 Å². The van der Waals surface area contributed by atoms with Crippen molar-refractivity contribution in [1.29, 1.82) is 0 Å². The second-order valence-corrected chi connectivity index (χ2v) is 7.34. The number of rotatable bonds is 8. The Morgan fingerprint density at radius 1 is 1.04 bits per heavy atom. The number of ether oxygens (including phenoxy) is 2. The van der Waals surface area contributed by atoms with Gasteiger partial charge in [0.1, 0.15) is 0 Å². The van der Waals surface area contributed by atoms with E-state index in [2.05, 4.69) is 6.92 Å². The van der Waals surface area contributed by atoms with Gasteiger partial charge in [0.05, 0.1) is 26.0 Å². The molecule has 1 saturated heterocycles. The number of alkyl halides is 1. The Labute approximate surface area is 164 Å². The quantitative estimate of drug-likeness (QED) is 0.469. The Morgan fingerprint density at radius 2 is 1.75 bits per heavy atom. The molecule has 0 amide bonds. The van der Waals surface area contributed by atoms with Crippen molar-refractivity contribution in [3.05, 3.63) is 53.6 Å². The van der Waals surface area contributed by atoms with Crippen LogP contribution < -0.4 is 4.74 Å². The van der Waals surface area contributed by atoms with Crippen LogP contribution >= 0.6 is 0 Å². The summed E-state index contributed by atoms with van der Waals surface area (Å²) in [6, 6.07) is 10.1. The molecule has 2 atom stereocenters. The van der Waals surface area contributed by atoms with Gasteiger partial charge in [-0.1, -0.05) is 37.6 Å². The molecule has 0 N–H and O–H groups in total. The van der Waals surface area contributed by atoms with Crippen molar-refractivity contribution in [3.63, 3.8) is 0 Å². The van der Waals surface area contributed by atoms with Crippen molar-refractivity contribution >= 4 is 0 Å². The maximum Gasteiger partial charge on any atom is 0.190 e. The highest BCUT2D eigenvalue weighted by atomic mass is 19.1. The minimum Gasteiger partial charge on any atom is -0.488 e. The van der Waals surface area contributed by atoms with E-state index < -0.39 is 24.1 Å². The van der Waals surface area contributed by atoms with Gasteiger partial charge in [0.2, 0.25) is 0 Å². The highest BCUT2D eigenvalue weighted by molar-refractivity contribution is 5.65. The molecule has 2 aromatic rings. The average Bonchev–Trinajstić information content (AvgIpc) is 2.71. The predicted molar refractivity (Wildman–Crippen MR) is 104 cm³/mol. The third kappa shape index (κ3) is 5.07. The van der Waals surface area contributed by atoms with Crippen LogP contribution in [0.1, 0.15) is 50.7 Å². The van der Waals surface area contributed by atoms with Gasteiger partial charge >= 0.3 is 0 Å². The van der Waals surface area contributed by atoms with Crippen LogP contribution in [0.25, 0.3) is 11.1 Å². The van der Waals surface area contributed by atoms with Crippen molar-refractivity contribution in [3.8, 4) is 16.9 Å². The van der Waals surface area contributed by atoms with Crippen molar-refractivity contribution in [2.24, 2.45) is 5.92 Å². The number of benzene rings is 2. The lowest BCUT2D eigenvalue weighted by Crippen LogP contribution is -2.20. The zero-order valence-electron chi connectivity index (χ0n) is 16.2. The van der Waals surface area contributed by atoms with Gasteiger partial charge in [0.15, 0.2) is 17.4 Å². The number of hydrogen-bond donors (Lipinski definition) is 0. The molecular formula is C23H27F3O2. The Bertz CT molecular complexity index is 730. The van der Waals surface area contributed by atoms with Crippen LogP contribution in [0.3, 0.4) is 0 Å². The molecule has 1 aliphatic heterocycles. The number of halogens is 3. The van der Waals surface area contributed by atoms with Gasteiger partial charge in [0, 0.05) is 6.42 Å². The lowest BCUT2D eigenvalue weighted by atomic mass is 9.91. The molecule has 152 valence electrons. The summed E-state index contributed by atoms with van der Waals surface area (Å²) >= 11 is 0. The third-order valence-corrected chi connectivity index (χ3v) is 5.21. The first-order chi connectivity index (χ1) is 13.6. The Kier molecular flexibility index (Phi) is 7.37. The highest BCUT2D eigenvalue weighted by Crippen LogP contribution is 2.34. The van der Waals surface area contributed by atoms with Crippen LogP contribution in [0.5, 0.6) is 5.75 Å². The second-order valence-electron chi connectivity index (χ2n) is 7.34. The smallest absolute Gasteiger partial charge is 0.190 e. The third-order valence-electron chi connectivity index (χ3n) is 5.21. The van der Waals surface area contributed by atoms with Crippen LogP contribution in [0.2, 0.25) is 0 Å². The standard InChI is InChI=1S/C23H27F3O2/c1-2-4-16-5-10-22(28-15-16)18-8-6-17(7-9-18)19-13-20(25)23(21(26)14-19)27-12-3-11-24/h6-9,13-14,16,22H,2-5,10-12,15H2,1H3. The van der Waals surface area contributed by atoms with E-state index in [0.29, 0.717) is 11.5 Å². The minimum atomic E-state index is -0.782. The van der Waals surface area contributed by atoms with Crippen LogP contribution in [-0.2, 0) is 4.74 Å². The van der Waals surface area contributed by atoms with E-state index in [1.165, 1.54) is 31.4 Å².